The molecule has 1 fully saturated rings. The van der Waals surface area contributed by atoms with Crippen LogP contribution in [0.25, 0.3) is 5.82 Å². The van der Waals surface area contributed by atoms with Crippen molar-refractivity contribution in [1.29, 1.82) is 0 Å². The van der Waals surface area contributed by atoms with Crippen LogP contribution in [0.3, 0.4) is 0 Å². The van der Waals surface area contributed by atoms with Crippen molar-refractivity contribution in [2.24, 2.45) is 0 Å². The molecule has 2 aliphatic heterocycles. The van der Waals surface area contributed by atoms with E-state index in [1.165, 1.54) is 23.3 Å². The first-order chi connectivity index (χ1) is 12.4. The number of carbonyl (C=O) groups is 1. The molecule has 138 valence electrons. The molecule has 0 spiro atoms. The highest BCUT2D eigenvalue weighted by Gasteiger charge is 2.41. The second-order valence-electron chi connectivity index (χ2n) is 7.42. The molecule has 2 unspecified atom stereocenters. The maximum absolute atomic E-state index is 12.8. The molecule has 2 aliphatic rings. The van der Waals surface area contributed by atoms with Crippen molar-refractivity contribution in [3.8, 4) is 5.82 Å². The molecule has 2 bridgehead atoms. The molecule has 26 heavy (non-hydrogen) atoms. The van der Waals surface area contributed by atoms with E-state index >= 15 is 0 Å². The van der Waals surface area contributed by atoms with Crippen molar-refractivity contribution in [2.45, 2.75) is 50.9 Å². The molecule has 0 aliphatic carbocycles. The van der Waals surface area contributed by atoms with Gasteiger partial charge in [0.05, 0.1) is 30.1 Å². The Bertz CT molecular complexity index is 863. The summed E-state index contributed by atoms with van der Waals surface area (Å²) < 4.78 is 8.17. The van der Waals surface area contributed by atoms with Gasteiger partial charge in [-0.05, 0) is 26.7 Å². The topological polar surface area (TPSA) is 116 Å². The van der Waals surface area contributed by atoms with Crippen LogP contribution < -0.4 is 10.0 Å². The summed E-state index contributed by atoms with van der Waals surface area (Å²) in [7, 11) is 0. The number of fused-ring (bicyclic) bond motifs is 4. The normalized spacial score (nSPS) is 21.5. The maximum Gasteiger partial charge on any atom is 0.272 e. The Morgan fingerprint density at radius 3 is 3.08 bits per heavy atom. The van der Waals surface area contributed by atoms with Crippen molar-refractivity contribution < 1.29 is 19.4 Å². The van der Waals surface area contributed by atoms with Gasteiger partial charge in [-0.3, -0.25) is 4.79 Å². The van der Waals surface area contributed by atoms with Gasteiger partial charge in [0.15, 0.2) is 11.9 Å². The van der Waals surface area contributed by atoms with Gasteiger partial charge in [-0.1, -0.05) is 0 Å². The lowest BCUT2D eigenvalue weighted by molar-refractivity contribution is -0.605. The molecule has 2 aromatic rings. The highest BCUT2D eigenvalue weighted by atomic mass is 16.5. The van der Waals surface area contributed by atoms with E-state index in [0.29, 0.717) is 22.7 Å². The van der Waals surface area contributed by atoms with E-state index in [1.54, 1.807) is 13.8 Å². The van der Waals surface area contributed by atoms with E-state index < -0.39 is 5.54 Å². The fourth-order valence-corrected chi connectivity index (χ4v) is 3.52. The van der Waals surface area contributed by atoms with Gasteiger partial charge >= 0.3 is 0 Å². The third-order valence-electron chi connectivity index (χ3n) is 4.81. The summed E-state index contributed by atoms with van der Waals surface area (Å²) in [4.78, 5) is 17.0. The molecule has 2 aromatic heterocycles. The van der Waals surface area contributed by atoms with Gasteiger partial charge in [0.25, 0.3) is 5.91 Å². The number of ether oxygens (including phenoxy) is 1. The largest absolute Gasteiger partial charge is 0.619 e. The number of aromatic nitrogens is 4. The van der Waals surface area contributed by atoms with Crippen LogP contribution in [0.2, 0.25) is 0 Å². The Kier molecular flexibility index (Phi) is 3.92. The van der Waals surface area contributed by atoms with Crippen molar-refractivity contribution in [3.63, 3.8) is 0 Å². The van der Waals surface area contributed by atoms with Crippen LogP contribution in [0, 0.1) is 5.21 Å². The third kappa shape index (κ3) is 2.82. The average molecular weight is 359 g/mol. The number of aliphatic hydroxyl groups is 1. The van der Waals surface area contributed by atoms with E-state index in [0.717, 1.165) is 24.1 Å². The second-order valence-corrected chi connectivity index (χ2v) is 7.42. The number of hydrogen-bond acceptors (Lipinski definition) is 6. The lowest BCUT2D eigenvalue weighted by atomic mass is 10.0. The fraction of sp³-hybridized carbons (Fsp3) is 0.529. The predicted molar refractivity (Wildman–Crippen MR) is 89.5 cm³/mol. The second kappa shape index (κ2) is 6.03. The number of carbonyl (C=O) groups excluding carboxylic acids is 1. The molecule has 9 heteroatoms. The first kappa shape index (κ1) is 16.9. The van der Waals surface area contributed by atoms with Crippen molar-refractivity contribution in [1.82, 2.24) is 20.1 Å². The summed E-state index contributed by atoms with van der Waals surface area (Å²) >= 11 is 0. The van der Waals surface area contributed by atoms with Gasteiger partial charge in [-0.15, -0.1) is 0 Å². The van der Waals surface area contributed by atoms with E-state index in [9.17, 15) is 15.1 Å². The molecule has 2 N–H and O–H groups in total. The van der Waals surface area contributed by atoms with Gasteiger partial charge in [0, 0.05) is 12.0 Å². The van der Waals surface area contributed by atoms with Crippen LogP contribution in [0.1, 0.15) is 54.5 Å². The Labute approximate surface area is 150 Å². The Morgan fingerprint density at radius 2 is 2.35 bits per heavy atom. The van der Waals surface area contributed by atoms with Gasteiger partial charge in [-0.25, -0.2) is 9.67 Å². The zero-order valence-corrected chi connectivity index (χ0v) is 14.7. The average Bonchev–Trinajstić information content (AvgIpc) is 3.17. The summed E-state index contributed by atoms with van der Waals surface area (Å²) in [6.45, 7) is 3.28. The molecule has 4 rings (SSSR count). The lowest BCUT2D eigenvalue weighted by Crippen LogP contribution is -2.46. The van der Waals surface area contributed by atoms with Crippen molar-refractivity contribution in [2.75, 3.05) is 6.61 Å². The number of nitrogens with zero attached hydrogens (tertiary/aromatic N) is 4. The van der Waals surface area contributed by atoms with E-state index in [-0.39, 0.29) is 24.7 Å². The number of rotatable bonds is 4. The number of nitrogens with one attached hydrogen (secondary N) is 1. The van der Waals surface area contributed by atoms with Gasteiger partial charge in [-0.2, -0.15) is 9.83 Å². The minimum Gasteiger partial charge on any atom is -0.619 e. The molecule has 9 nitrogen and oxygen atoms in total. The van der Waals surface area contributed by atoms with Crippen LogP contribution in [-0.2, 0) is 11.2 Å². The third-order valence-corrected chi connectivity index (χ3v) is 4.81. The first-order valence-corrected chi connectivity index (χ1v) is 8.64. The number of aliphatic hydroxyl groups excluding tert-OH is 1. The number of amides is 1. The van der Waals surface area contributed by atoms with Crippen LogP contribution >= 0.6 is 0 Å². The maximum atomic E-state index is 12.8. The molecule has 1 amide bonds. The SMILES string of the molecule is CC(C)(CO)NC(=O)c1nn(-c2c[n+]([O-])ccn2)c2c1CC1CCC2O1. The van der Waals surface area contributed by atoms with Gasteiger partial charge in [0.2, 0.25) is 12.0 Å². The van der Waals surface area contributed by atoms with Crippen LogP contribution in [-0.4, -0.2) is 44.0 Å². The minimum absolute atomic E-state index is 0.0794. The zero-order valence-electron chi connectivity index (χ0n) is 14.7. The van der Waals surface area contributed by atoms with Crippen molar-refractivity contribution in [3.05, 3.63) is 40.7 Å². The Hall–Kier alpha value is -2.52. The first-order valence-electron chi connectivity index (χ1n) is 8.64. The monoisotopic (exact) mass is 359 g/mol. The summed E-state index contributed by atoms with van der Waals surface area (Å²) in [6.07, 6.45) is 6.28. The molecule has 4 heterocycles. The molecule has 0 radical (unpaired) electrons. The van der Waals surface area contributed by atoms with Crippen LogP contribution in [0.5, 0.6) is 0 Å². The minimum atomic E-state index is -0.763. The summed E-state index contributed by atoms with van der Waals surface area (Å²) in [5.74, 6) is -0.0144. The molecular formula is C17H21N5O4. The Morgan fingerprint density at radius 1 is 1.54 bits per heavy atom. The number of hydrogen-bond donors (Lipinski definition) is 2. The summed E-state index contributed by atoms with van der Waals surface area (Å²) in [5, 5.41) is 28.4. The quantitative estimate of drug-likeness (QED) is 0.594. The standard InChI is InChI=1S/C17H21N5O4/c1-17(2,9-23)19-16(24)14-11-7-10-3-4-12(26-10)15(11)22(20-14)13-8-21(25)6-5-18-13/h5-6,8,10,12,23H,3-4,7,9H2,1-2H3,(H,19,24). The van der Waals surface area contributed by atoms with E-state index in [4.69, 9.17) is 4.74 Å². The zero-order chi connectivity index (χ0) is 18.5. The molecule has 0 saturated carbocycles. The Balaban J connectivity index is 1.81. The summed E-state index contributed by atoms with van der Waals surface area (Å²) in [5.41, 5.74) is 1.15. The van der Waals surface area contributed by atoms with E-state index in [1.807, 2.05) is 0 Å². The summed E-state index contributed by atoms with van der Waals surface area (Å²) in [6, 6.07) is 0. The fourth-order valence-electron chi connectivity index (χ4n) is 3.52. The highest BCUT2D eigenvalue weighted by Crippen LogP contribution is 2.42. The molecule has 0 aromatic carbocycles. The van der Waals surface area contributed by atoms with Crippen LogP contribution in [0.4, 0.5) is 0 Å². The predicted octanol–water partition coefficient (Wildman–Crippen LogP) is 0.178. The van der Waals surface area contributed by atoms with Crippen molar-refractivity contribution >= 4 is 5.91 Å². The van der Waals surface area contributed by atoms with Gasteiger partial charge < -0.3 is 20.4 Å². The molecular weight excluding hydrogens is 338 g/mol. The van der Waals surface area contributed by atoms with E-state index in [2.05, 4.69) is 15.4 Å². The smallest absolute Gasteiger partial charge is 0.272 e. The molecule has 2 atom stereocenters. The lowest BCUT2D eigenvalue weighted by Gasteiger charge is -2.24. The van der Waals surface area contributed by atoms with Crippen LogP contribution in [0.15, 0.2) is 18.6 Å². The molecule has 1 saturated heterocycles. The highest BCUT2D eigenvalue weighted by molar-refractivity contribution is 5.94. The van der Waals surface area contributed by atoms with Gasteiger partial charge in [0.1, 0.15) is 6.10 Å².